The van der Waals surface area contributed by atoms with E-state index in [0.29, 0.717) is 0 Å². The second-order valence-corrected chi connectivity index (χ2v) is 6.34. The van der Waals surface area contributed by atoms with Gasteiger partial charge in [-0.25, -0.2) is 0 Å². The smallest absolute Gasteiger partial charge is 0.0779 e. The summed E-state index contributed by atoms with van der Waals surface area (Å²) in [6.45, 7) is 8.73. The third-order valence-electron chi connectivity index (χ3n) is 4.76. The van der Waals surface area contributed by atoms with E-state index in [-0.39, 0.29) is 6.04 Å². The lowest BCUT2D eigenvalue weighted by Gasteiger charge is -2.31. The van der Waals surface area contributed by atoms with E-state index >= 15 is 0 Å². The van der Waals surface area contributed by atoms with E-state index in [4.69, 9.17) is 4.98 Å². The molecule has 0 bridgehead atoms. The molecule has 1 aliphatic heterocycles. The van der Waals surface area contributed by atoms with E-state index in [9.17, 15) is 0 Å². The Morgan fingerprint density at radius 3 is 2.74 bits per heavy atom. The SMILES string of the molecule is CCc1ccc(C(c2ccccc2C)N2CCCNCC2)nc1. The van der Waals surface area contributed by atoms with Gasteiger partial charge in [-0.15, -0.1) is 0 Å². The maximum atomic E-state index is 4.81. The number of aromatic nitrogens is 1. The molecular weight excluding hydrogens is 282 g/mol. The van der Waals surface area contributed by atoms with Gasteiger partial charge in [0.1, 0.15) is 0 Å². The molecule has 3 heteroatoms. The number of rotatable bonds is 4. The maximum Gasteiger partial charge on any atom is 0.0779 e. The minimum absolute atomic E-state index is 0.252. The van der Waals surface area contributed by atoms with Crippen LogP contribution in [0.4, 0.5) is 0 Å². The molecule has 3 nitrogen and oxygen atoms in total. The molecule has 0 aliphatic carbocycles. The van der Waals surface area contributed by atoms with Crippen molar-refractivity contribution in [3.63, 3.8) is 0 Å². The van der Waals surface area contributed by atoms with Crippen LogP contribution in [0, 0.1) is 6.92 Å². The summed E-state index contributed by atoms with van der Waals surface area (Å²) in [5.74, 6) is 0. The van der Waals surface area contributed by atoms with Crippen molar-refractivity contribution in [2.24, 2.45) is 0 Å². The lowest BCUT2D eigenvalue weighted by Crippen LogP contribution is -2.33. The van der Waals surface area contributed by atoms with Crippen LogP contribution in [-0.2, 0) is 6.42 Å². The first-order chi connectivity index (χ1) is 11.3. The fourth-order valence-electron chi connectivity index (χ4n) is 3.37. The van der Waals surface area contributed by atoms with Gasteiger partial charge in [-0.05, 0) is 49.1 Å². The van der Waals surface area contributed by atoms with Crippen molar-refractivity contribution in [2.45, 2.75) is 32.7 Å². The van der Waals surface area contributed by atoms with E-state index in [2.05, 4.69) is 60.5 Å². The number of benzene rings is 1. The van der Waals surface area contributed by atoms with Crippen molar-refractivity contribution in [2.75, 3.05) is 26.2 Å². The molecule has 1 saturated heterocycles. The van der Waals surface area contributed by atoms with Crippen LogP contribution in [0.25, 0.3) is 0 Å². The van der Waals surface area contributed by atoms with Gasteiger partial charge in [-0.3, -0.25) is 9.88 Å². The molecule has 122 valence electrons. The molecule has 1 unspecified atom stereocenters. The second-order valence-electron chi connectivity index (χ2n) is 6.34. The number of hydrogen-bond acceptors (Lipinski definition) is 3. The summed E-state index contributed by atoms with van der Waals surface area (Å²) in [5.41, 5.74) is 5.19. The van der Waals surface area contributed by atoms with Gasteiger partial charge in [-0.1, -0.05) is 37.3 Å². The van der Waals surface area contributed by atoms with Crippen LogP contribution in [0.3, 0.4) is 0 Å². The van der Waals surface area contributed by atoms with E-state index in [1.807, 2.05) is 6.20 Å². The summed E-state index contributed by atoms with van der Waals surface area (Å²) >= 11 is 0. The third-order valence-corrected chi connectivity index (χ3v) is 4.76. The normalized spacial score (nSPS) is 17.7. The van der Waals surface area contributed by atoms with E-state index in [1.54, 1.807) is 0 Å². The van der Waals surface area contributed by atoms with Gasteiger partial charge in [0.05, 0.1) is 11.7 Å². The summed E-state index contributed by atoms with van der Waals surface area (Å²) in [5, 5.41) is 3.51. The van der Waals surface area contributed by atoms with Crippen molar-refractivity contribution < 1.29 is 0 Å². The molecule has 1 aromatic carbocycles. The van der Waals surface area contributed by atoms with Crippen LogP contribution in [0.2, 0.25) is 0 Å². The standard InChI is InChI=1S/C20H27N3/c1-3-17-9-10-19(22-15-17)20(18-8-5-4-7-16(18)2)23-13-6-11-21-12-14-23/h4-5,7-10,15,20-21H,3,6,11-14H2,1-2H3. The van der Waals surface area contributed by atoms with E-state index < -0.39 is 0 Å². The molecule has 3 rings (SSSR count). The number of pyridine rings is 1. The molecule has 0 amide bonds. The number of aryl methyl sites for hydroxylation is 2. The summed E-state index contributed by atoms with van der Waals surface area (Å²) in [7, 11) is 0. The highest BCUT2D eigenvalue weighted by molar-refractivity contribution is 5.35. The van der Waals surface area contributed by atoms with Crippen LogP contribution >= 0.6 is 0 Å². The molecule has 1 N–H and O–H groups in total. The van der Waals surface area contributed by atoms with Crippen LogP contribution in [-0.4, -0.2) is 36.1 Å². The summed E-state index contributed by atoms with van der Waals surface area (Å²) < 4.78 is 0. The molecule has 2 heterocycles. The lowest BCUT2D eigenvalue weighted by atomic mass is 9.96. The van der Waals surface area contributed by atoms with Crippen molar-refractivity contribution in [3.05, 3.63) is 65.0 Å². The Morgan fingerprint density at radius 1 is 1.13 bits per heavy atom. The van der Waals surface area contributed by atoms with Crippen LogP contribution in [0.5, 0.6) is 0 Å². The zero-order valence-corrected chi connectivity index (χ0v) is 14.3. The highest BCUT2D eigenvalue weighted by Crippen LogP contribution is 2.30. The summed E-state index contributed by atoms with van der Waals surface area (Å²) in [6, 6.07) is 13.4. The highest BCUT2D eigenvalue weighted by Gasteiger charge is 2.25. The van der Waals surface area contributed by atoms with Crippen LogP contribution < -0.4 is 5.32 Å². The van der Waals surface area contributed by atoms with E-state index in [0.717, 1.165) is 32.6 Å². The molecule has 1 aliphatic rings. The number of nitrogens with zero attached hydrogens (tertiary/aromatic N) is 2. The van der Waals surface area contributed by atoms with Gasteiger partial charge in [0.2, 0.25) is 0 Å². The predicted octanol–water partition coefficient (Wildman–Crippen LogP) is 3.34. The Kier molecular flexibility index (Phi) is 5.42. The van der Waals surface area contributed by atoms with Gasteiger partial charge < -0.3 is 5.32 Å². The minimum atomic E-state index is 0.252. The fourth-order valence-corrected chi connectivity index (χ4v) is 3.37. The maximum absolute atomic E-state index is 4.81. The van der Waals surface area contributed by atoms with Crippen molar-refractivity contribution in [3.8, 4) is 0 Å². The zero-order valence-electron chi connectivity index (χ0n) is 14.3. The molecular formula is C20H27N3. The minimum Gasteiger partial charge on any atom is -0.315 e. The number of nitrogens with one attached hydrogen (secondary N) is 1. The predicted molar refractivity (Wildman–Crippen MR) is 95.7 cm³/mol. The Balaban J connectivity index is 1.99. The zero-order chi connectivity index (χ0) is 16.1. The summed E-state index contributed by atoms with van der Waals surface area (Å²) in [6.07, 6.45) is 4.27. The first kappa shape index (κ1) is 16.2. The molecule has 23 heavy (non-hydrogen) atoms. The largest absolute Gasteiger partial charge is 0.315 e. The Morgan fingerprint density at radius 2 is 2.00 bits per heavy atom. The number of hydrogen-bond donors (Lipinski definition) is 1. The topological polar surface area (TPSA) is 28.2 Å². The van der Waals surface area contributed by atoms with Crippen molar-refractivity contribution >= 4 is 0 Å². The molecule has 1 fully saturated rings. The van der Waals surface area contributed by atoms with Gasteiger partial charge in [0.15, 0.2) is 0 Å². The third kappa shape index (κ3) is 3.80. The second kappa shape index (κ2) is 7.71. The molecule has 0 radical (unpaired) electrons. The highest BCUT2D eigenvalue weighted by atomic mass is 15.2. The monoisotopic (exact) mass is 309 g/mol. The molecule has 0 spiro atoms. The summed E-state index contributed by atoms with van der Waals surface area (Å²) in [4.78, 5) is 7.39. The van der Waals surface area contributed by atoms with Gasteiger partial charge in [0.25, 0.3) is 0 Å². The van der Waals surface area contributed by atoms with E-state index in [1.165, 1.54) is 28.8 Å². The van der Waals surface area contributed by atoms with Gasteiger partial charge in [0, 0.05) is 25.8 Å². The quantitative estimate of drug-likeness (QED) is 0.939. The van der Waals surface area contributed by atoms with Crippen LogP contribution in [0.15, 0.2) is 42.6 Å². The Bertz CT molecular complexity index is 613. The van der Waals surface area contributed by atoms with Gasteiger partial charge >= 0.3 is 0 Å². The molecule has 1 aromatic heterocycles. The van der Waals surface area contributed by atoms with Crippen molar-refractivity contribution in [1.82, 2.24) is 15.2 Å². The average molecular weight is 309 g/mol. The van der Waals surface area contributed by atoms with Gasteiger partial charge in [-0.2, -0.15) is 0 Å². The first-order valence-corrected chi connectivity index (χ1v) is 8.74. The molecule has 0 saturated carbocycles. The molecule has 2 aromatic rings. The first-order valence-electron chi connectivity index (χ1n) is 8.74. The average Bonchev–Trinajstić information content (AvgIpc) is 2.87. The molecule has 1 atom stereocenters. The van der Waals surface area contributed by atoms with Crippen molar-refractivity contribution in [1.29, 1.82) is 0 Å². The Labute approximate surface area is 139 Å². The fraction of sp³-hybridized carbons (Fsp3) is 0.450. The van der Waals surface area contributed by atoms with Crippen LogP contribution in [0.1, 0.15) is 41.8 Å². The Hall–Kier alpha value is -1.71. The lowest BCUT2D eigenvalue weighted by molar-refractivity contribution is 0.236.